The molecule has 0 unspecified atom stereocenters. The lowest BCUT2D eigenvalue weighted by atomic mass is 10.0. The smallest absolute Gasteiger partial charge is 0.229 e. The van der Waals surface area contributed by atoms with Gasteiger partial charge in [-0.25, -0.2) is 0 Å². The molecule has 24 heavy (non-hydrogen) atoms. The third-order valence-electron chi connectivity index (χ3n) is 4.17. The highest BCUT2D eigenvalue weighted by molar-refractivity contribution is 6.01. The van der Waals surface area contributed by atoms with Crippen molar-refractivity contribution in [3.8, 4) is 5.75 Å². The van der Waals surface area contributed by atoms with E-state index in [1.165, 1.54) is 4.90 Å². The Kier molecular flexibility index (Phi) is 5.95. The van der Waals surface area contributed by atoms with Crippen LogP contribution in [0.1, 0.15) is 49.8 Å². The summed E-state index contributed by atoms with van der Waals surface area (Å²) in [5.74, 6) is 0.350. The van der Waals surface area contributed by atoms with Crippen LogP contribution in [0.5, 0.6) is 5.75 Å². The summed E-state index contributed by atoms with van der Waals surface area (Å²) in [4.78, 5) is 36.4. The molecule has 130 valence electrons. The molecular weight excluding hydrogens is 308 g/mol. The second kappa shape index (κ2) is 7.95. The van der Waals surface area contributed by atoms with Gasteiger partial charge in [0.2, 0.25) is 17.7 Å². The van der Waals surface area contributed by atoms with E-state index in [1.54, 1.807) is 7.11 Å². The van der Waals surface area contributed by atoms with E-state index in [4.69, 9.17) is 4.74 Å². The molecule has 1 aliphatic rings. The monoisotopic (exact) mass is 332 g/mol. The van der Waals surface area contributed by atoms with Crippen molar-refractivity contribution in [3.63, 3.8) is 0 Å². The molecule has 6 nitrogen and oxygen atoms in total. The number of rotatable bonds is 7. The highest BCUT2D eigenvalue weighted by atomic mass is 16.5. The fraction of sp³-hybridized carbons (Fsp3) is 0.500. The minimum Gasteiger partial charge on any atom is -0.496 e. The van der Waals surface area contributed by atoms with Crippen LogP contribution in [0, 0.1) is 6.92 Å². The largest absolute Gasteiger partial charge is 0.496 e. The van der Waals surface area contributed by atoms with Gasteiger partial charge in [-0.15, -0.1) is 0 Å². The van der Waals surface area contributed by atoms with Crippen molar-refractivity contribution in [1.29, 1.82) is 0 Å². The number of benzene rings is 1. The Hall–Kier alpha value is -2.37. The lowest BCUT2D eigenvalue weighted by molar-refractivity contribution is -0.138. The summed E-state index contributed by atoms with van der Waals surface area (Å²) in [6.07, 6.45) is 1.32. The first-order chi connectivity index (χ1) is 11.4. The lowest BCUT2D eigenvalue weighted by Gasteiger charge is -2.18. The summed E-state index contributed by atoms with van der Waals surface area (Å²) in [6.45, 7) is 4.21. The summed E-state index contributed by atoms with van der Waals surface area (Å²) in [7, 11) is 1.60. The number of nitrogens with zero attached hydrogens (tertiary/aromatic N) is 1. The van der Waals surface area contributed by atoms with Crippen molar-refractivity contribution >= 4 is 17.7 Å². The molecule has 3 amide bonds. The van der Waals surface area contributed by atoms with E-state index in [1.807, 2.05) is 32.0 Å². The maximum atomic E-state index is 12.1. The normalized spacial score (nSPS) is 15.5. The van der Waals surface area contributed by atoms with Crippen LogP contribution in [-0.4, -0.2) is 36.3 Å². The quantitative estimate of drug-likeness (QED) is 0.776. The van der Waals surface area contributed by atoms with Gasteiger partial charge in [0.15, 0.2) is 0 Å². The molecular formula is C18H24N2O4. The average molecular weight is 332 g/mol. The SMILES string of the molecule is COc1ccc(C)cc1[C@@H](C)NC(=O)CCCN1C(=O)CCC1=O. The fourth-order valence-corrected chi connectivity index (χ4v) is 2.85. The second-order valence-corrected chi connectivity index (χ2v) is 6.08. The molecule has 1 aromatic rings. The number of aryl methyl sites for hydroxylation is 1. The molecule has 1 aromatic carbocycles. The third-order valence-corrected chi connectivity index (χ3v) is 4.17. The zero-order chi connectivity index (χ0) is 17.7. The van der Waals surface area contributed by atoms with E-state index in [0.29, 0.717) is 13.0 Å². The van der Waals surface area contributed by atoms with E-state index in [9.17, 15) is 14.4 Å². The van der Waals surface area contributed by atoms with Crippen LogP contribution >= 0.6 is 0 Å². The zero-order valence-electron chi connectivity index (χ0n) is 14.4. The number of methoxy groups -OCH3 is 1. The summed E-state index contributed by atoms with van der Waals surface area (Å²) in [6, 6.07) is 5.66. The molecule has 0 radical (unpaired) electrons. The van der Waals surface area contributed by atoms with Gasteiger partial charge in [0.05, 0.1) is 13.2 Å². The Bertz CT molecular complexity index is 626. The van der Waals surface area contributed by atoms with Crippen LogP contribution < -0.4 is 10.1 Å². The number of imide groups is 1. The topological polar surface area (TPSA) is 75.7 Å². The van der Waals surface area contributed by atoms with Crippen molar-refractivity contribution in [2.45, 2.75) is 45.6 Å². The number of carbonyl (C=O) groups excluding carboxylic acids is 3. The van der Waals surface area contributed by atoms with Crippen molar-refractivity contribution < 1.29 is 19.1 Å². The second-order valence-electron chi connectivity index (χ2n) is 6.08. The molecule has 1 N–H and O–H groups in total. The lowest BCUT2D eigenvalue weighted by Crippen LogP contribution is -2.32. The minimum absolute atomic E-state index is 0.106. The molecule has 0 aromatic heterocycles. The zero-order valence-corrected chi connectivity index (χ0v) is 14.4. The molecule has 1 fully saturated rings. The van der Waals surface area contributed by atoms with Crippen molar-refractivity contribution in [3.05, 3.63) is 29.3 Å². The van der Waals surface area contributed by atoms with Gasteiger partial charge in [-0.2, -0.15) is 0 Å². The Morgan fingerprint density at radius 1 is 1.29 bits per heavy atom. The molecule has 0 bridgehead atoms. The number of ether oxygens (including phenoxy) is 1. The molecule has 2 rings (SSSR count). The number of amides is 3. The van der Waals surface area contributed by atoms with Gasteiger partial charge in [0, 0.05) is 31.4 Å². The Balaban J connectivity index is 1.85. The van der Waals surface area contributed by atoms with E-state index in [-0.39, 0.29) is 43.0 Å². The van der Waals surface area contributed by atoms with Crippen molar-refractivity contribution in [2.75, 3.05) is 13.7 Å². The Morgan fingerprint density at radius 3 is 2.58 bits per heavy atom. The minimum atomic E-state index is -0.178. The van der Waals surface area contributed by atoms with Crippen LogP contribution in [0.3, 0.4) is 0 Å². The van der Waals surface area contributed by atoms with Crippen LogP contribution in [0.2, 0.25) is 0 Å². The molecule has 1 aliphatic heterocycles. The summed E-state index contributed by atoms with van der Waals surface area (Å²) >= 11 is 0. The molecule has 1 atom stereocenters. The highest BCUT2D eigenvalue weighted by Crippen LogP contribution is 2.26. The van der Waals surface area contributed by atoms with Gasteiger partial charge >= 0.3 is 0 Å². The molecule has 0 saturated carbocycles. The van der Waals surface area contributed by atoms with Crippen molar-refractivity contribution in [2.24, 2.45) is 0 Å². The summed E-state index contributed by atoms with van der Waals surface area (Å²) < 4.78 is 5.34. The number of hydrogen-bond donors (Lipinski definition) is 1. The standard InChI is InChI=1S/C18H24N2O4/c1-12-6-7-15(24-3)14(11-12)13(2)19-16(21)5-4-10-20-17(22)8-9-18(20)23/h6-7,11,13H,4-5,8-10H2,1-3H3,(H,19,21)/t13-/m1/s1. The van der Waals surface area contributed by atoms with E-state index >= 15 is 0 Å². The Labute approximate surface area is 142 Å². The first kappa shape index (κ1) is 18.0. The number of hydrogen-bond acceptors (Lipinski definition) is 4. The molecule has 0 spiro atoms. The molecule has 0 aliphatic carbocycles. The number of carbonyl (C=O) groups is 3. The Morgan fingerprint density at radius 2 is 1.96 bits per heavy atom. The average Bonchev–Trinajstić information content (AvgIpc) is 2.86. The molecule has 1 heterocycles. The van der Waals surface area contributed by atoms with E-state index in [2.05, 4.69) is 5.32 Å². The van der Waals surface area contributed by atoms with Crippen LogP contribution in [-0.2, 0) is 14.4 Å². The number of likely N-dealkylation sites (tertiary alicyclic amines) is 1. The fourth-order valence-electron chi connectivity index (χ4n) is 2.85. The third kappa shape index (κ3) is 4.34. The first-order valence-corrected chi connectivity index (χ1v) is 8.19. The molecule has 6 heteroatoms. The van der Waals surface area contributed by atoms with E-state index < -0.39 is 0 Å². The van der Waals surface area contributed by atoms with Gasteiger partial charge < -0.3 is 10.1 Å². The molecule has 1 saturated heterocycles. The van der Waals surface area contributed by atoms with Crippen molar-refractivity contribution in [1.82, 2.24) is 10.2 Å². The summed E-state index contributed by atoms with van der Waals surface area (Å²) in [5, 5.41) is 2.94. The number of nitrogens with one attached hydrogen (secondary N) is 1. The van der Waals surface area contributed by atoms with Crippen LogP contribution in [0.4, 0.5) is 0 Å². The first-order valence-electron chi connectivity index (χ1n) is 8.19. The predicted molar refractivity (Wildman–Crippen MR) is 89.5 cm³/mol. The highest BCUT2D eigenvalue weighted by Gasteiger charge is 2.28. The van der Waals surface area contributed by atoms with Gasteiger partial charge in [0.25, 0.3) is 0 Å². The van der Waals surface area contributed by atoms with Crippen LogP contribution in [0.25, 0.3) is 0 Å². The van der Waals surface area contributed by atoms with Crippen LogP contribution in [0.15, 0.2) is 18.2 Å². The maximum Gasteiger partial charge on any atom is 0.229 e. The maximum absolute atomic E-state index is 12.1. The van der Waals surface area contributed by atoms with Gasteiger partial charge in [-0.05, 0) is 26.3 Å². The summed E-state index contributed by atoms with van der Waals surface area (Å²) in [5.41, 5.74) is 2.02. The van der Waals surface area contributed by atoms with Gasteiger partial charge in [0.1, 0.15) is 5.75 Å². The predicted octanol–water partition coefficient (Wildman–Crippen LogP) is 2.11. The van der Waals surface area contributed by atoms with E-state index in [0.717, 1.165) is 16.9 Å². The van der Waals surface area contributed by atoms with Gasteiger partial charge in [-0.1, -0.05) is 17.7 Å². The van der Waals surface area contributed by atoms with Gasteiger partial charge in [-0.3, -0.25) is 19.3 Å².